The van der Waals surface area contributed by atoms with Gasteiger partial charge in [0.15, 0.2) is 11.1 Å². The molecule has 2 aromatic heterocycles. The SMILES string of the molecule is CC(C)(C)N1CCC(CCn2cnc(=N)c3[nH]cnc32)CC1. The third-order valence-corrected chi connectivity index (χ3v) is 4.80. The fraction of sp³-hybridized carbons (Fsp3) is 0.688. The molecule has 1 fully saturated rings. The molecular formula is C16H26N6. The molecule has 0 saturated carbocycles. The molecule has 3 rings (SSSR count). The molecular weight excluding hydrogens is 276 g/mol. The average Bonchev–Trinajstić information content (AvgIpc) is 2.97. The van der Waals surface area contributed by atoms with E-state index in [0.29, 0.717) is 0 Å². The van der Waals surface area contributed by atoms with Crippen LogP contribution < -0.4 is 5.49 Å². The lowest BCUT2D eigenvalue weighted by atomic mass is 9.90. The lowest BCUT2D eigenvalue weighted by molar-refractivity contribution is 0.0843. The maximum atomic E-state index is 7.78. The summed E-state index contributed by atoms with van der Waals surface area (Å²) in [7, 11) is 0. The highest BCUT2D eigenvalue weighted by Gasteiger charge is 2.26. The Hall–Kier alpha value is -1.69. The first-order chi connectivity index (χ1) is 10.4. The highest BCUT2D eigenvalue weighted by Crippen LogP contribution is 2.26. The number of H-pyrrole nitrogens is 1. The van der Waals surface area contributed by atoms with Crippen molar-refractivity contribution in [3.63, 3.8) is 0 Å². The number of rotatable bonds is 3. The standard InChI is InChI=1S/C16H26N6/c1-16(2,3)22-8-5-12(6-9-22)4-7-21-11-20-14(17)13-15(21)19-10-18-13/h10-12,17H,4-9H2,1-3H3,(H,18,19). The van der Waals surface area contributed by atoms with Crippen LogP contribution >= 0.6 is 0 Å². The summed E-state index contributed by atoms with van der Waals surface area (Å²) in [6.45, 7) is 10.2. The van der Waals surface area contributed by atoms with Crippen molar-refractivity contribution in [3.8, 4) is 0 Å². The third-order valence-electron chi connectivity index (χ3n) is 4.80. The van der Waals surface area contributed by atoms with E-state index in [1.807, 2.05) is 0 Å². The molecule has 0 atom stereocenters. The van der Waals surface area contributed by atoms with Crippen LogP contribution in [-0.4, -0.2) is 43.0 Å². The number of piperidine rings is 1. The Morgan fingerprint density at radius 2 is 2.00 bits per heavy atom. The van der Waals surface area contributed by atoms with Crippen LogP contribution in [0.5, 0.6) is 0 Å². The Balaban J connectivity index is 1.60. The molecule has 120 valence electrons. The lowest BCUT2D eigenvalue weighted by Crippen LogP contribution is -2.46. The average molecular weight is 302 g/mol. The van der Waals surface area contributed by atoms with Gasteiger partial charge in [0, 0.05) is 12.1 Å². The molecule has 0 aliphatic carbocycles. The number of fused-ring (bicyclic) bond motifs is 1. The molecule has 0 spiro atoms. The van der Waals surface area contributed by atoms with Gasteiger partial charge in [0.2, 0.25) is 0 Å². The van der Waals surface area contributed by atoms with Gasteiger partial charge in [-0.1, -0.05) is 0 Å². The number of aromatic amines is 1. The summed E-state index contributed by atoms with van der Waals surface area (Å²) >= 11 is 0. The van der Waals surface area contributed by atoms with Crippen molar-refractivity contribution in [2.24, 2.45) is 5.92 Å². The molecule has 22 heavy (non-hydrogen) atoms. The number of nitrogens with zero attached hydrogens (tertiary/aromatic N) is 4. The summed E-state index contributed by atoms with van der Waals surface area (Å²) in [6, 6.07) is 0. The van der Waals surface area contributed by atoms with E-state index in [-0.39, 0.29) is 11.0 Å². The molecule has 0 amide bonds. The van der Waals surface area contributed by atoms with Crippen LogP contribution in [0.4, 0.5) is 0 Å². The topological polar surface area (TPSA) is 73.6 Å². The predicted molar refractivity (Wildman–Crippen MR) is 86.4 cm³/mol. The quantitative estimate of drug-likeness (QED) is 0.912. The van der Waals surface area contributed by atoms with E-state index in [0.717, 1.165) is 30.0 Å². The van der Waals surface area contributed by atoms with Crippen LogP contribution in [0.3, 0.4) is 0 Å². The summed E-state index contributed by atoms with van der Waals surface area (Å²) in [5, 5.41) is 7.78. The van der Waals surface area contributed by atoms with Crippen molar-refractivity contribution in [3.05, 3.63) is 18.1 Å². The van der Waals surface area contributed by atoms with Crippen molar-refractivity contribution in [1.82, 2.24) is 24.4 Å². The predicted octanol–water partition coefficient (Wildman–Crippen LogP) is 2.14. The largest absolute Gasteiger partial charge is 0.340 e. The van der Waals surface area contributed by atoms with Crippen LogP contribution in [0.25, 0.3) is 11.2 Å². The molecule has 2 N–H and O–H groups in total. The monoisotopic (exact) mass is 302 g/mol. The Bertz CT molecular complexity index is 684. The van der Waals surface area contributed by atoms with Crippen LogP contribution in [0.1, 0.15) is 40.0 Å². The molecule has 0 unspecified atom stereocenters. The van der Waals surface area contributed by atoms with Crippen molar-refractivity contribution >= 4 is 11.2 Å². The van der Waals surface area contributed by atoms with E-state index in [4.69, 9.17) is 5.41 Å². The van der Waals surface area contributed by atoms with Crippen molar-refractivity contribution < 1.29 is 0 Å². The first kappa shape index (κ1) is 15.2. The number of imidazole rings is 1. The van der Waals surface area contributed by atoms with Crippen LogP contribution in [0, 0.1) is 11.3 Å². The highest BCUT2D eigenvalue weighted by atomic mass is 15.2. The molecule has 1 aliphatic heterocycles. The van der Waals surface area contributed by atoms with E-state index < -0.39 is 0 Å². The Kier molecular flexibility index (Phi) is 4.04. The van der Waals surface area contributed by atoms with Gasteiger partial charge < -0.3 is 9.55 Å². The fourth-order valence-electron chi connectivity index (χ4n) is 3.30. The summed E-state index contributed by atoms with van der Waals surface area (Å²) in [5.74, 6) is 0.774. The van der Waals surface area contributed by atoms with Crippen molar-refractivity contribution in [2.45, 2.75) is 52.1 Å². The van der Waals surface area contributed by atoms with E-state index >= 15 is 0 Å². The van der Waals surface area contributed by atoms with E-state index in [9.17, 15) is 0 Å². The second-order valence-electron chi connectivity index (χ2n) is 7.28. The van der Waals surface area contributed by atoms with E-state index in [2.05, 4.69) is 45.2 Å². The number of aromatic nitrogens is 4. The molecule has 1 aliphatic rings. The van der Waals surface area contributed by atoms with Gasteiger partial charge in [0.05, 0.1) is 12.7 Å². The molecule has 6 nitrogen and oxygen atoms in total. The fourth-order valence-corrected chi connectivity index (χ4v) is 3.30. The van der Waals surface area contributed by atoms with E-state index in [1.54, 1.807) is 12.7 Å². The zero-order valence-electron chi connectivity index (χ0n) is 13.8. The van der Waals surface area contributed by atoms with Crippen molar-refractivity contribution in [2.75, 3.05) is 13.1 Å². The zero-order valence-corrected chi connectivity index (χ0v) is 13.8. The van der Waals surface area contributed by atoms with Gasteiger partial charge in [-0.3, -0.25) is 10.3 Å². The molecule has 2 aromatic rings. The number of hydrogen-bond acceptors (Lipinski definition) is 4. The maximum Gasteiger partial charge on any atom is 0.173 e. The third kappa shape index (κ3) is 3.06. The van der Waals surface area contributed by atoms with Crippen LogP contribution in [-0.2, 0) is 6.54 Å². The molecule has 0 aromatic carbocycles. The molecule has 3 heterocycles. The minimum atomic E-state index is 0.266. The van der Waals surface area contributed by atoms with Gasteiger partial charge in [0.1, 0.15) is 5.52 Å². The maximum absolute atomic E-state index is 7.78. The Morgan fingerprint density at radius 1 is 1.27 bits per heavy atom. The van der Waals surface area contributed by atoms with Gasteiger partial charge in [0.25, 0.3) is 0 Å². The second kappa shape index (κ2) is 5.83. The first-order valence-corrected chi connectivity index (χ1v) is 8.13. The summed E-state index contributed by atoms with van der Waals surface area (Å²) in [6.07, 6.45) is 7.08. The minimum absolute atomic E-state index is 0.266. The van der Waals surface area contributed by atoms with Gasteiger partial charge >= 0.3 is 0 Å². The second-order valence-corrected chi connectivity index (χ2v) is 7.28. The number of nitrogens with one attached hydrogen (secondary N) is 2. The lowest BCUT2D eigenvalue weighted by Gasteiger charge is -2.41. The van der Waals surface area contributed by atoms with Crippen LogP contribution in [0.15, 0.2) is 12.7 Å². The minimum Gasteiger partial charge on any atom is -0.340 e. The zero-order chi connectivity index (χ0) is 15.7. The van der Waals surface area contributed by atoms with Gasteiger partial charge in [-0.15, -0.1) is 0 Å². The van der Waals surface area contributed by atoms with E-state index in [1.165, 1.54) is 25.9 Å². The molecule has 0 radical (unpaired) electrons. The van der Waals surface area contributed by atoms with Gasteiger partial charge in [-0.05, 0) is 59.0 Å². The smallest absolute Gasteiger partial charge is 0.173 e. The number of aryl methyl sites for hydroxylation is 1. The summed E-state index contributed by atoms with van der Waals surface area (Å²) in [4.78, 5) is 14.0. The normalized spacial score (nSPS) is 18.1. The molecule has 0 bridgehead atoms. The highest BCUT2D eigenvalue weighted by molar-refractivity contribution is 5.68. The summed E-state index contributed by atoms with van der Waals surface area (Å²) < 4.78 is 2.07. The van der Waals surface area contributed by atoms with Gasteiger partial charge in [-0.25, -0.2) is 9.97 Å². The van der Waals surface area contributed by atoms with Crippen LogP contribution in [0.2, 0.25) is 0 Å². The van der Waals surface area contributed by atoms with Crippen molar-refractivity contribution in [1.29, 1.82) is 5.41 Å². The number of hydrogen-bond donors (Lipinski definition) is 2. The molecule has 1 saturated heterocycles. The Labute approximate surface area is 131 Å². The Morgan fingerprint density at radius 3 is 2.68 bits per heavy atom. The summed E-state index contributed by atoms with van der Waals surface area (Å²) in [5.41, 5.74) is 2.12. The number of likely N-dealkylation sites (tertiary alicyclic amines) is 1. The van der Waals surface area contributed by atoms with Gasteiger partial charge in [-0.2, -0.15) is 0 Å². The molecule has 6 heteroatoms. The first-order valence-electron chi connectivity index (χ1n) is 8.13.